The average Bonchev–Trinajstić information content (AvgIpc) is 2.10. The minimum Gasteiger partial charge on any atom is -0.506 e. The van der Waals surface area contributed by atoms with Crippen molar-refractivity contribution < 1.29 is 10.2 Å². The molecule has 1 aromatic rings. The fraction of sp³-hybridized carbons (Fsp3) is 0.455. The van der Waals surface area contributed by atoms with Crippen LogP contribution in [-0.2, 0) is 6.54 Å². The maximum Gasteiger partial charge on any atom is 0.134 e. The first kappa shape index (κ1) is 12.5. The lowest BCUT2D eigenvalue weighted by atomic mass is 10.1. The normalized spacial score (nSPS) is 11.7. The second-order valence-corrected chi connectivity index (χ2v) is 5.02. The van der Waals surface area contributed by atoms with Gasteiger partial charge in [0.2, 0.25) is 0 Å². The molecule has 0 aliphatic heterocycles. The van der Waals surface area contributed by atoms with E-state index in [0.717, 1.165) is 5.56 Å². The van der Waals surface area contributed by atoms with Crippen molar-refractivity contribution in [2.75, 3.05) is 6.54 Å². The summed E-state index contributed by atoms with van der Waals surface area (Å²) in [7, 11) is 0. The van der Waals surface area contributed by atoms with Crippen LogP contribution < -0.4 is 5.32 Å². The number of para-hydroxylation sites is 1. The van der Waals surface area contributed by atoms with E-state index in [1.165, 1.54) is 0 Å². The van der Waals surface area contributed by atoms with Gasteiger partial charge in [0.25, 0.3) is 0 Å². The second kappa shape index (κ2) is 4.96. The lowest BCUT2D eigenvalue weighted by Crippen LogP contribution is -2.34. The van der Waals surface area contributed by atoms with E-state index < -0.39 is 5.60 Å². The van der Waals surface area contributed by atoms with Gasteiger partial charge in [-0.15, -0.1) is 0 Å². The molecule has 0 saturated heterocycles. The van der Waals surface area contributed by atoms with Crippen LogP contribution in [0.1, 0.15) is 19.4 Å². The molecule has 0 spiro atoms. The average molecular weight is 274 g/mol. The maximum absolute atomic E-state index is 9.68. The minimum absolute atomic E-state index is 0.251. The molecule has 3 nitrogen and oxygen atoms in total. The molecular formula is C11H16BrNO2. The molecule has 1 aromatic carbocycles. The van der Waals surface area contributed by atoms with Gasteiger partial charge in [0.1, 0.15) is 5.75 Å². The number of hydrogen-bond acceptors (Lipinski definition) is 3. The highest BCUT2D eigenvalue weighted by atomic mass is 79.9. The van der Waals surface area contributed by atoms with Crippen LogP contribution in [0.15, 0.2) is 22.7 Å². The molecule has 0 aliphatic rings. The van der Waals surface area contributed by atoms with E-state index in [1.807, 2.05) is 12.1 Å². The van der Waals surface area contributed by atoms with Crippen LogP contribution >= 0.6 is 15.9 Å². The fourth-order valence-electron chi connectivity index (χ4n) is 1.21. The van der Waals surface area contributed by atoms with E-state index in [0.29, 0.717) is 17.6 Å². The van der Waals surface area contributed by atoms with E-state index in [4.69, 9.17) is 0 Å². The van der Waals surface area contributed by atoms with Crippen LogP contribution in [0.2, 0.25) is 0 Å². The Morgan fingerprint density at radius 3 is 2.67 bits per heavy atom. The van der Waals surface area contributed by atoms with Gasteiger partial charge in [-0.1, -0.05) is 12.1 Å². The topological polar surface area (TPSA) is 52.5 Å². The summed E-state index contributed by atoms with van der Waals surface area (Å²) in [4.78, 5) is 0. The molecule has 0 atom stereocenters. The SMILES string of the molecule is CC(C)(O)CNCc1cccc(Br)c1O. The Kier molecular flexibility index (Phi) is 4.13. The predicted molar refractivity (Wildman–Crippen MR) is 63.8 cm³/mol. The van der Waals surface area contributed by atoms with E-state index in [2.05, 4.69) is 21.2 Å². The zero-order valence-corrected chi connectivity index (χ0v) is 10.5. The molecule has 0 fully saturated rings. The molecule has 84 valence electrons. The highest BCUT2D eigenvalue weighted by Gasteiger charge is 2.12. The third-order valence-electron chi connectivity index (χ3n) is 1.94. The summed E-state index contributed by atoms with van der Waals surface area (Å²) < 4.78 is 0.685. The molecule has 3 N–H and O–H groups in total. The molecular weight excluding hydrogens is 258 g/mol. The molecule has 0 unspecified atom stereocenters. The smallest absolute Gasteiger partial charge is 0.134 e. The van der Waals surface area contributed by atoms with Crippen LogP contribution in [-0.4, -0.2) is 22.4 Å². The number of halogens is 1. The van der Waals surface area contributed by atoms with E-state index >= 15 is 0 Å². The van der Waals surface area contributed by atoms with Crippen molar-refractivity contribution in [2.45, 2.75) is 26.0 Å². The monoisotopic (exact) mass is 273 g/mol. The van der Waals surface area contributed by atoms with Crippen molar-refractivity contribution in [3.05, 3.63) is 28.2 Å². The first-order valence-corrected chi connectivity index (χ1v) is 5.59. The molecule has 0 heterocycles. The molecule has 0 aromatic heterocycles. The van der Waals surface area contributed by atoms with Crippen LogP contribution in [0.3, 0.4) is 0 Å². The first-order chi connectivity index (χ1) is 6.90. The molecule has 0 bridgehead atoms. The number of rotatable bonds is 4. The Bertz CT molecular complexity index is 334. The predicted octanol–water partition coefficient (Wildman–Crippen LogP) is 2.02. The lowest BCUT2D eigenvalue weighted by Gasteiger charge is -2.18. The Balaban J connectivity index is 2.55. The summed E-state index contributed by atoms with van der Waals surface area (Å²) in [5, 5.41) is 22.2. The van der Waals surface area contributed by atoms with Crippen molar-refractivity contribution in [1.82, 2.24) is 5.32 Å². The molecule has 15 heavy (non-hydrogen) atoms. The van der Waals surface area contributed by atoms with Crippen LogP contribution in [0.4, 0.5) is 0 Å². The summed E-state index contributed by atoms with van der Waals surface area (Å²) in [6.45, 7) is 4.50. The van der Waals surface area contributed by atoms with Crippen LogP contribution in [0, 0.1) is 0 Å². The van der Waals surface area contributed by atoms with Crippen molar-refractivity contribution >= 4 is 15.9 Å². The minimum atomic E-state index is -0.734. The number of phenols is 1. The van der Waals surface area contributed by atoms with Gasteiger partial charge in [-0.3, -0.25) is 0 Å². The van der Waals surface area contributed by atoms with Gasteiger partial charge in [0, 0.05) is 18.7 Å². The third kappa shape index (κ3) is 4.20. The van der Waals surface area contributed by atoms with E-state index in [1.54, 1.807) is 19.9 Å². The molecule has 0 saturated carbocycles. The zero-order chi connectivity index (χ0) is 11.5. The van der Waals surface area contributed by atoms with Gasteiger partial charge in [0.15, 0.2) is 0 Å². The van der Waals surface area contributed by atoms with Crippen LogP contribution in [0.5, 0.6) is 5.75 Å². The van der Waals surface area contributed by atoms with Gasteiger partial charge in [-0.05, 0) is 35.8 Å². The van der Waals surface area contributed by atoms with Gasteiger partial charge in [0.05, 0.1) is 10.1 Å². The highest BCUT2D eigenvalue weighted by Crippen LogP contribution is 2.27. The van der Waals surface area contributed by atoms with Crippen molar-refractivity contribution in [3.8, 4) is 5.75 Å². The molecule has 0 aliphatic carbocycles. The van der Waals surface area contributed by atoms with Crippen molar-refractivity contribution in [1.29, 1.82) is 0 Å². The Morgan fingerprint density at radius 1 is 1.40 bits per heavy atom. The fourth-order valence-corrected chi connectivity index (χ4v) is 1.61. The Labute approximate surface area is 98.3 Å². The number of phenolic OH excluding ortho intramolecular Hbond substituents is 1. The van der Waals surface area contributed by atoms with E-state index in [9.17, 15) is 10.2 Å². The van der Waals surface area contributed by atoms with Crippen molar-refractivity contribution in [2.24, 2.45) is 0 Å². The summed E-state index contributed by atoms with van der Waals surface area (Å²) in [6, 6.07) is 5.50. The van der Waals surface area contributed by atoms with Gasteiger partial charge >= 0.3 is 0 Å². The largest absolute Gasteiger partial charge is 0.506 e. The number of hydrogen-bond donors (Lipinski definition) is 3. The van der Waals surface area contributed by atoms with Gasteiger partial charge in [-0.2, -0.15) is 0 Å². The number of aliphatic hydroxyl groups is 1. The number of nitrogens with one attached hydrogen (secondary N) is 1. The summed E-state index contributed by atoms with van der Waals surface area (Å²) >= 11 is 3.25. The molecule has 0 amide bonds. The summed E-state index contributed by atoms with van der Waals surface area (Å²) in [6.07, 6.45) is 0. The van der Waals surface area contributed by atoms with Gasteiger partial charge in [-0.25, -0.2) is 0 Å². The number of benzene rings is 1. The Morgan fingerprint density at radius 2 is 2.07 bits per heavy atom. The molecule has 0 radical (unpaired) electrons. The van der Waals surface area contributed by atoms with Crippen molar-refractivity contribution in [3.63, 3.8) is 0 Å². The second-order valence-electron chi connectivity index (χ2n) is 4.16. The Hall–Kier alpha value is -0.580. The number of aromatic hydroxyl groups is 1. The standard InChI is InChI=1S/C11H16BrNO2/c1-11(2,15)7-13-6-8-4-3-5-9(12)10(8)14/h3-5,13-15H,6-7H2,1-2H3. The van der Waals surface area contributed by atoms with Gasteiger partial charge < -0.3 is 15.5 Å². The third-order valence-corrected chi connectivity index (χ3v) is 2.58. The summed E-state index contributed by atoms with van der Waals surface area (Å²) in [5.41, 5.74) is 0.0790. The van der Waals surface area contributed by atoms with E-state index in [-0.39, 0.29) is 5.75 Å². The zero-order valence-electron chi connectivity index (χ0n) is 8.92. The maximum atomic E-state index is 9.68. The first-order valence-electron chi connectivity index (χ1n) is 4.79. The molecule has 4 heteroatoms. The highest BCUT2D eigenvalue weighted by molar-refractivity contribution is 9.10. The quantitative estimate of drug-likeness (QED) is 0.787. The summed E-state index contributed by atoms with van der Waals surface area (Å²) in [5.74, 6) is 0.251. The lowest BCUT2D eigenvalue weighted by molar-refractivity contribution is 0.0794. The molecule has 1 rings (SSSR count). The van der Waals surface area contributed by atoms with Crippen LogP contribution in [0.25, 0.3) is 0 Å².